The Hall–Kier alpha value is -0.210. The Bertz CT molecular complexity index is 359. The van der Waals surface area contributed by atoms with Gasteiger partial charge in [-0.05, 0) is 40.0 Å². The topological polar surface area (TPSA) is 55.9 Å². The van der Waals surface area contributed by atoms with E-state index in [4.69, 9.17) is 0 Å². The number of likely N-dealkylation sites (N-methyl/N-ethyl adjacent to an activating group) is 1. The quantitative estimate of drug-likeness (QED) is 0.630. The molecule has 0 aromatic heterocycles. The smallest absolute Gasteiger partial charge is 0.281 e. The summed E-state index contributed by atoms with van der Waals surface area (Å²) in [5.41, 5.74) is 0. The molecule has 6 nitrogen and oxygen atoms in total. The maximum absolute atomic E-state index is 12.4. The Morgan fingerprint density at radius 3 is 2.53 bits per heavy atom. The van der Waals surface area contributed by atoms with Gasteiger partial charge in [0.1, 0.15) is 0 Å². The van der Waals surface area contributed by atoms with Gasteiger partial charge in [0.05, 0.1) is 0 Å². The van der Waals surface area contributed by atoms with Crippen LogP contribution < -0.4 is 5.32 Å². The van der Waals surface area contributed by atoms with Crippen molar-refractivity contribution in [2.24, 2.45) is 0 Å². The van der Waals surface area contributed by atoms with E-state index in [1.54, 1.807) is 11.4 Å². The number of hydrogen-bond acceptors (Lipinski definition) is 4. The van der Waals surface area contributed by atoms with E-state index in [2.05, 4.69) is 10.2 Å². The van der Waals surface area contributed by atoms with Gasteiger partial charge in [-0.3, -0.25) is 0 Å². The van der Waals surface area contributed by atoms with Gasteiger partial charge < -0.3 is 10.2 Å². The van der Waals surface area contributed by atoms with Crippen molar-refractivity contribution in [1.82, 2.24) is 18.8 Å². The summed E-state index contributed by atoms with van der Waals surface area (Å²) in [7, 11) is 2.39. The van der Waals surface area contributed by atoms with Crippen LogP contribution in [-0.4, -0.2) is 81.8 Å². The highest BCUT2D eigenvalue weighted by atomic mass is 32.2. The SMILES string of the molecule is CCNCCCN(C)S(=O)(=O)N1CCC(N(C)C)C1. The molecule has 0 aromatic carbocycles. The van der Waals surface area contributed by atoms with Crippen LogP contribution in [0.25, 0.3) is 0 Å². The fourth-order valence-electron chi connectivity index (χ4n) is 2.26. The van der Waals surface area contributed by atoms with Crippen LogP contribution in [0.3, 0.4) is 0 Å². The molecule has 0 aliphatic carbocycles. The van der Waals surface area contributed by atoms with Crippen molar-refractivity contribution in [2.45, 2.75) is 25.8 Å². The van der Waals surface area contributed by atoms with Crippen LogP contribution in [0.4, 0.5) is 0 Å². The molecule has 1 saturated heterocycles. The van der Waals surface area contributed by atoms with Crippen molar-refractivity contribution in [3.8, 4) is 0 Å². The number of nitrogens with one attached hydrogen (secondary N) is 1. The number of hydrogen-bond donors (Lipinski definition) is 1. The molecule has 7 heteroatoms. The fraction of sp³-hybridized carbons (Fsp3) is 1.00. The minimum absolute atomic E-state index is 0.338. The monoisotopic (exact) mass is 292 g/mol. The lowest BCUT2D eigenvalue weighted by Crippen LogP contribution is -2.43. The van der Waals surface area contributed by atoms with Gasteiger partial charge in [-0.2, -0.15) is 17.0 Å². The second-order valence-corrected chi connectivity index (χ2v) is 7.34. The van der Waals surface area contributed by atoms with Crippen LogP contribution in [0.2, 0.25) is 0 Å². The molecule has 0 bridgehead atoms. The van der Waals surface area contributed by atoms with E-state index >= 15 is 0 Å². The van der Waals surface area contributed by atoms with Gasteiger partial charge in [-0.25, -0.2) is 0 Å². The molecule has 114 valence electrons. The zero-order valence-corrected chi connectivity index (χ0v) is 13.4. The highest BCUT2D eigenvalue weighted by molar-refractivity contribution is 7.86. The van der Waals surface area contributed by atoms with E-state index in [-0.39, 0.29) is 0 Å². The molecule has 1 aliphatic rings. The summed E-state index contributed by atoms with van der Waals surface area (Å²) in [4.78, 5) is 2.10. The van der Waals surface area contributed by atoms with Crippen molar-refractivity contribution in [1.29, 1.82) is 0 Å². The predicted octanol–water partition coefficient (Wildman–Crippen LogP) is -0.201. The fourth-order valence-corrected chi connectivity index (χ4v) is 3.71. The van der Waals surface area contributed by atoms with Gasteiger partial charge in [0, 0.05) is 32.7 Å². The van der Waals surface area contributed by atoms with Crippen molar-refractivity contribution < 1.29 is 8.42 Å². The highest BCUT2D eigenvalue weighted by Gasteiger charge is 2.34. The molecule has 1 unspecified atom stereocenters. The van der Waals surface area contributed by atoms with Gasteiger partial charge in [-0.1, -0.05) is 6.92 Å². The maximum Gasteiger partial charge on any atom is 0.281 e. The lowest BCUT2D eigenvalue weighted by molar-refractivity contribution is 0.298. The third kappa shape index (κ3) is 4.68. The Labute approximate surface area is 117 Å². The van der Waals surface area contributed by atoms with Gasteiger partial charge in [0.2, 0.25) is 0 Å². The molecule has 0 saturated carbocycles. The Balaban J connectivity index is 2.46. The Kier molecular flexibility index (Phi) is 6.68. The van der Waals surface area contributed by atoms with Gasteiger partial charge in [0.25, 0.3) is 10.2 Å². The van der Waals surface area contributed by atoms with Crippen molar-refractivity contribution in [2.75, 3.05) is 53.9 Å². The number of nitrogens with zero attached hydrogens (tertiary/aromatic N) is 3. The molecule has 0 radical (unpaired) electrons. The molecule has 0 aromatic rings. The summed E-state index contributed by atoms with van der Waals surface area (Å²) in [6, 6.07) is 0.338. The largest absolute Gasteiger partial charge is 0.317 e. The zero-order valence-electron chi connectivity index (χ0n) is 12.6. The van der Waals surface area contributed by atoms with Crippen LogP contribution in [0, 0.1) is 0 Å². The molecule has 19 heavy (non-hydrogen) atoms. The molecule has 1 aliphatic heterocycles. The summed E-state index contributed by atoms with van der Waals surface area (Å²) in [6.45, 7) is 5.63. The first-order chi connectivity index (χ1) is 8.89. The minimum atomic E-state index is -3.28. The van der Waals surface area contributed by atoms with E-state index in [0.717, 1.165) is 25.9 Å². The molecule has 1 heterocycles. The second-order valence-electron chi connectivity index (χ2n) is 5.30. The summed E-state index contributed by atoms with van der Waals surface area (Å²) in [5.74, 6) is 0. The molecule has 1 rings (SSSR count). The normalized spacial score (nSPS) is 21.7. The van der Waals surface area contributed by atoms with Crippen LogP contribution in [0.15, 0.2) is 0 Å². The van der Waals surface area contributed by atoms with Gasteiger partial charge >= 0.3 is 0 Å². The van der Waals surface area contributed by atoms with Crippen molar-refractivity contribution >= 4 is 10.2 Å². The third-order valence-corrected chi connectivity index (χ3v) is 5.61. The van der Waals surface area contributed by atoms with Crippen LogP contribution in [0.1, 0.15) is 19.8 Å². The van der Waals surface area contributed by atoms with Crippen molar-refractivity contribution in [3.05, 3.63) is 0 Å². The molecular weight excluding hydrogens is 264 g/mol. The zero-order chi connectivity index (χ0) is 14.5. The van der Waals surface area contributed by atoms with E-state index in [1.165, 1.54) is 4.31 Å². The van der Waals surface area contributed by atoms with Crippen LogP contribution in [-0.2, 0) is 10.2 Å². The van der Waals surface area contributed by atoms with E-state index in [1.807, 2.05) is 21.0 Å². The van der Waals surface area contributed by atoms with Gasteiger partial charge in [-0.15, -0.1) is 0 Å². The lowest BCUT2D eigenvalue weighted by Gasteiger charge is -2.25. The van der Waals surface area contributed by atoms with Crippen LogP contribution in [0.5, 0.6) is 0 Å². The summed E-state index contributed by atoms with van der Waals surface area (Å²) in [5, 5.41) is 3.20. The first-order valence-corrected chi connectivity index (χ1v) is 8.37. The third-order valence-electron chi connectivity index (χ3n) is 3.65. The minimum Gasteiger partial charge on any atom is -0.317 e. The molecule has 1 fully saturated rings. The van der Waals surface area contributed by atoms with E-state index in [0.29, 0.717) is 25.7 Å². The first-order valence-electron chi connectivity index (χ1n) is 6.98. The average Bonchev–Trinajstić information content (AvgIpc) is 2.84. The molecule has 1 N–H and O–H groups in total. The maximum atomic E-state index is 12.4. The van der Waals surface area contributed by atoms with E-state index in [9.17, 15) is 8.42 Å². The molecule has 1 atom stereocenters. The first kappa shape index (κ1) is 16.8. The standard InChI is InChI=1S/C12H28N4O2S/c1-5-13-8-6-9-15(4)19(17,18)16-10-7-12(11-16)14(2)3/h12-13H,5-11H2,1-4H3. The molecule has 0 amide bonds. The predicted molar refractivity (Wildman–Crippen MR) is 78.4 cm³/mol. The highest BCUT2D eigenvalue weighted by Crippen LogP contribution is 2.18. The summed E-state index contributed by atoms with van der Waals surface area (Å²) >= 11 is 0. The van der Waals surface area contributed by atoms with Crippen molar-refractivity contribution in [3.63, 3.8) is 0 Å². The van der Waals surface area contributed by atoms with Gasteiger partial charge in [0.15, 0.2) is 0 Å². The number of rotatable bonds is 8. The lowest BCUT2D eigenvalue weighted by atomic mass is 10.2. The van der Waals surface area contributed by atoms with Crippen LogP contribution >= 0.6 is 0 Å². The Morgan fingerprint density at radius 1 is 1.32 bits per heavy atom. The summed E-state index contributed by atoms with van der Waals surface area (Å²) < 4.78 is 27.8. The average molecular weight is 292 g/mol. The Morgan fingerprint density at radius 2 is 2.00 bits per heavy atom. The summed E-state index contributed by atoms with van der Waals surface area (Å²) in [6.07, 6.45) is 1.76. The molecule has 0 spiro atoms. The second kappa shape index (κ2) is 7.54. The molecular formula is C12H28N4O2S. The van der Waals surface area contributed by atoms with E-state index < -0.39 is 10.2 Å².